The number of hydrogen-bond acceptors (Lipinski definition) is 9. The third-order valence-electron chi connectivity index (χ3n) is 6.98. The molecular weight excluding hydrogens is 588 g/mol. The number of carbonyl (C=O) groups is 4. The quantitative estimate of drug-likeness (QED) is 0.133. The minimum absolute atomic E-state index is 0.0282. The highest BCUT2D eigenvalue weighted by molar-refractivity contribution is 5.99. The van der Waals surface area contributed by atoms with E-state index in [1.807, 2.05) is 24.3 Å². The lowest BCUT2D eigenvalue weighted by molar-refractivity contribution is 0.0633. The van der Waals surface area contributed by atoms with Crippen molar-refractivity contribution in [3.05, 3.63) is 107 Å². The van der Waals surface area contributed by atoms with Crippen molar-refractivity contribution in [1.29, 1.82) is 0 Å². The van der Waals surface area contributed by atoms with E-state index >= 15 is 0 Å². The van der Waals surface area contributed by atoms with Gasteiger partial charge in [0.25, 0.3) is 5.91 Å². The van der Waals surface area contributed by atoms with E-state index in [1.54, 1.807) is 48.8 Å². The highest BCUT2D eigenvalue weighted by Crippen LogP contribution is 2.40. The van der Waals surface area contributed by atoms with Gasteiger partial charge in [0.05, 0.1) is 11.6 Å². The third-order valence-corrected chi connectivity index (χ3v) is 6.98. The Kier molecular flexibility index (Phi) is 9.08. The predicted octanol–water partition coefficient (Wildman–Crippen LogP) is 6.76. The molecule has 13 nitrogen and oxygen atoms in total. The molecule has 0 unspecified atom stereocenters. The van der Waals surface area contributed by atoms with Gasteiger partial charge >= 0.3 is 18.5 Å². The number of carboxylic acid groups (broad SMARTS) is 3. The summed E-state index contributed by atoms with van der Waals surface area (Å²) in [6.07, 6.45) is -0.141. The van der Waals surface area contributed by atoms with Gasteiger partial charge in [-0.1, -0.05) is 36.4 Å². The minimum atomic E-state index is -1.83. The lowest BCUT2D eigenvalue weighted by Crippen LogP contribution is -2.36. The summed E-state index contributed by atoms with van der Waals surface area (Å²) < 4.78 is 20.1. The van der Waals surface area contributed by atoms with Crippen LogP contribution in [0.15, 0.2) is 85.2 Å². The topological polar surface area (TPSA) is 182 Å². The molecule has 0 fully saturated rings. The van der Waals surface area contributed by atoms with Crippen LogP contribution in [0.5, 0.6) is 28.7 Å². The van der Waals surface area contributed by atoms with Gasteiger partial charge in [0.2, 0.25) is 0 Å². The van der Waals surface area contributed by atoms with Gasteiger partial charge in [-0.3, -0.25) is 9.78 Å². The van der Waals surface area contributed by atoms with Crippen LogP contribution in [0.2, 0.25) is 0 Å². The second-order valence-corrected chi connectivity index (χ2v) is 9.87. The number of nitrogens with zero attached hydrogens (tertiary/aromatic N) is 2. The van der Waals surface area contributed by atoms with E-state index in [0.29, 0.717) is 23.5 Å². The number of amides is 1. The second-order valence-electron chi connectivity index (χ2n) is 9.87. The third kappa shape index (κ3) is 7.46. The van der Waals surface area contributed by atoms with E-state index in [0.717, 1.165) is 36.1 Å². The molecule has 0 radical (unpaired) electrons. The molecule has 1 aromatic heterocycles. The summed E-state index contributed by atoms with van der Waals surface area (Å²) >= 11 is 0. The first-order chi connectivity index (χ1) is 21.7. The van der Waals surface area contributed by atoms with Gasteiger partial charge < -0.3 is 39.2 Å². The zero-order valence-corrected chi connectivity index (χ0v) is 23.5. The Hall–Kier alpha value is -6.11. The van der Waals surface area contributed by atoms with Crippen molar-refractivity contribution in [3.63, 3.8) is 0 Å². The predicted molar refractivity (Wildman–Crippen MR) is 155 cm³/mol. The Morgan fingerprint density at radius 1 is 0.756 bits per heavy atom. The highest BCUT2D eigenvalue weighted by atomic mass is 16.7. The average molecular weight is 615 g/mol. The molecule has 3 aromatic carbocycles. The molecule has 1 aliphatic carbocycles. The number of ether oxygens (including phenoxy) is 4. The van der Waals surface area contributed by atoms with E-state index in [1.165, 1.54) is 4.90 Å². The van der Waals surface area contributed by atoms with Gasteiger partial charge in [-0.15, -0.1) is 0 Å². The molecule has 3 N–H and O–H groups in total. The fourth-order valence-corrected chi connectivity index (χ4v) is 5.21. The van der Waals surface area contributed by atoms with Crippen molar-refractivity contribution < 1.29 is 53.4 Å². The Morgan fingerprint density at radius 3 is 2.13 bits per heavy atom. The molecule has 0 spiro atoms. The van der Waals surface area contributed by atoms with E-state index in [-0.39, 0.29) is 6.54 Å². The summed E-state index contributed by atoms with van der Waals surface area (Å²) in [7, 11) is 0. The van der Waals surface area contributed by atoms with Crippen LogP contribution in [-0.2, 0) is 13.0 Å². The van der Waals surface area contributed by atoms with Crippen LogP contribution in [0, 0.1) is 0 Å². The van der Waals surface area contributed by atoms with Gasteiger partial charge in [-0.25, -0.2) is 14.4 Å². The Morgan fingerprint density at radius 2 is 1.42 bits per heavy atom. The SMILES string of the molecule is O=C(O)Oc1cc(OC(=O)O)c(C(=O)N(Cc2cccc(Oc3ccncc3)c2)[C@H]2CCCc3ccccc32)cc1OC(=O)O. The van der Waals surface area contributed by atoms with Crippen LogP contribution in [0.4, 0.5) is 14.4 Å². The fraction of sp³-hybridized carbons (Fsp3) is 0.156. The van der Waals surface area contributed by atoms with Gasteiger partial charge in [0, 0.05) is 31.1 Å². The number of pyridine rings is 1. The van der Waals surface area contributed by atoms with Crippen LogP contribution >= 0.6 is 0 Å². The maximum absolute atomic E-state index is 14.5. The lowest BCUT2D eigenvalue weighted by Gasteiger charge is -2.36. The van der Waals surface area contributed by atoms with E-state index in [2.05, 4.69) is 9.72 Å². The largest absolute Gasteiger partial charge is 0.511 e. The average Bonchev–Trinajstić information content (AvgIpc) is 3.00. The van der Waals surface area contributed by atoms with Crippen molar-refractivity contribution in [2.75, 3.05) is 0 Å². The van der Waals surface area contributed by atoms with Crippen LogP contribution in [-0.4, -0.2) is 49.6 Å². The van der Waals surface area contributed by atoms with Gasteiger partial charge in [-0.2, -0.15) is 0 Å². The van der Waals surface area contributed by atoms with Crippen LogP contribution in [0.25, 0.3) is 0 Å². The number of hydrogen-bond donors (Lipinski definition) is 3. The summed E-state index contributed by atoms with van der Waals surface area (Å²) in [6.45, 7) is 0.0282. The molecule has 1 amide bonds. The smallest absolute Gasteiger partial charge is 0.457 e. The summed E-state index contributed by atoms with van der Waals surface area (Å²) in [5, 5.41) is 27.8. The molecule has 4 aromatic rings. The maximum atomic E-state index is 14.5. The number of benzene rings is 3. The lowest BCUT2D eigenvalue weighted by atomic mass is 9.86. The number of carbonyl (C=O) groups excluding carboxylic acids is 1. The molecule has 0 aliphatic heterocycles. The Bertz CT molecular complexity index is 1740. The first-order valence-electron chi connectivity index (χ1n) is 13.6. The maximum Gasteiger partial charge on any atom is 0.511 e. The summed E-state index contributed by atoms with van der Waals surface area (Å²) in [6, 6.07) is 19.3. The standard InChI is InChI=1S/C32H26N2O11/c35-29(24-16-27(44-31(38)39)28(45-32(40)41)17-26(24)43-30(36)37)34(25-10-4-7-20-6-1-2-9-23(20)25)18-19-5-3-8-22(15-19)42-21-11-13-33-14-12-21/h1-3,5-6,8-9,11-17,25H,4,7,10,18H2,(H,36,37)(H,38,39)(H,40,41)/t25-/m0/s1. The monoisotopic (exact) mass is 614 g/mol. The molecule has 5 rings (SSSR count). The molecule has 1 heterocycles. The highest BCUT2D eigenvalue weighted by Gasteiger charge is 2.33. The zero-order chi connectivity index (χ0) is 31.9. The molecule has 13 heteroatoms. The van der Waals surface area contributed by atoms with Crippen molar-refractivity contribution in [1.82, 2.24) is 9.88 Å². The molecule has 0 bridgehead atoms. The van der Waals surface area contributed by atoms with Crippen molar-refractivity contribution in [2.24, 2.45) is 0 Å². The summed E-state index contributed by atoms with van der Waals surface area (Å²) in [5.74, 6) is -1.59. The second kappa shape index (κ2) is 13.5. The molecule has 0 saturated carbocycles. The van der Waals surface area contributed by atoms with Gasteiger partial charge in [0.1, 0.15) is 11.5 Å². The first-order valence-corrected chi connectivity index (χ1v) is 13.6. The number of aryl methyl sites for hydroxylation is 1. The number of aromatic nitrogens is 1. The molecule has 0 saturated heterocycles. The van der Waals surface area contributed by atoms with Crippen LogP contribution in [0.3, 0.4) is 0 Å². The summed E-state index contributed by atoms with van der Waals surface area (Å²) in [4.78, 5) is 54.2. The minimum Gasteiger partial charge on any atom is -0.457 e. The van der Waals surface area contributed by atoms with Crippen LogP contribution < -0.4 is 18.9 Å². The fourth-order valence-electron chi connectivity index (χ4n) is 5.21. The van der Waals surface area contributed by atoms with Crippen molar-refractivity contribution in [2.45, 2.75) is 31.8 Å². The first kappa shape index (κ1) is 30.4. The molecule has 1 atom stereocenters. The van der Waals surface area contributed by atoms with Crippen LogP contribution in [0.1, 0.15) is 45.9 Å². The van der Waals surface area contributed by atoms with Gasteiger partial charge in [-0.05, 0) is 60.2 Å². The van der Waals surface area contributed by atoms with Crippen molar-refractivity contribution >= 4 is 24.4 Å². The normalized spacial score (nSPS) is 13.6. The molecular formula is C32H26N2O11. The van der Waals surface area contributed by atoms with E-state index in [9.17, 15) is 29.4 Å². The molecule has 230 valence electrons. The van der Waals surface area contributed by atoms with E-state index < -0.39 is 53.2 Å². The Balaban J connectivity index is 1.60. The van der Waals surface area contributed by atoms with Gasteiger partial charge in [0.15, 0.2) is 17.2 Å². The zero-order valence-electron chi connectivity index (χ0n) is 23.5. The molecule has 45 heavy (non-hydrogen) atoms. The van der Waals surface area contributed by atoms with Crippen molar-refractivity contribution in [3.8, 4) is 28.7 Å². The van der Waals surface area contributed by atoms with E-state index in [4.69, 9.17) is 19.3 Å². The number of fused-ring (bicyclic) bond motifs is 1. The Labute approximate surface area is 255 Å². The number of rotatable bonds is 9. The summed E-state index contributed by atoms with van der Waals surface area (Å²) in [5.41, 5.74) is 2.23. The molecule has 1 aliphatic rings.